The zero-order chi connectivity index (χ0) is 22.6. The quantitative estimate of drug-likeness (QED) is 0.302. The molecular formula is C30H45NO. The van der Waals surface area contributed by atoms with Crippen LogP contribution < -0.4 is 5.32 Å². The highest BCUT2D eigenvalue weighted by Crippen LogP contribution is 2.46. The van der Waals surface area contributed by atoms with Crippen LogP contribution in [0.15, 0.2) is 60.7 Å². The normalized spacial score (nSPS) is 23.1. The summed E-state index contributed by atoms with van der Waals surface area (Å²) in [5, 5.41) is 13.0. The van der Waals surface area contributed by atoms with Gasteiger partial charge in [0.2, 0.25) is 0 Å². The number of aliphatic hydroxyl groups is 1. The fourth-order valence-corrected chi connectivity index (χ4v) is 5.72. The van der Waals surface area contributed by atoms with Gasteiger partial charge < -0.3 is 10.4 Å². The highest BCUT2D eigenvalue weighted by molar-refractivity contribution is 5.34. The maximum atomic E-state index is 8.87. The number of unbranched alkanes of at least 4 members (excludes halogenated alkanes) is 8. The lowest BCUT2D eigenvalue weighted by Crippen LogP contribution is -2.35. The third-order valence-corrected chi connectivity index (χ3v) is 7.37. The topological polar surface area (TPSA) is 32.3 Å². The molecule has 0 radical (unpaired) electrons. The van der Waals surface area contributed by atoms with Crippen LogP contribution >= 0.6 is 0 Å². The maximum Gasteiger partial charge on any atom is 0.0431 e. The van der Waals surface area contributed by atoms with E-state index < -0.39 is 0 Å². The van der Waals surface area contributed by atoms with Gasteiger partial charge in [-0.15, -0.1) is 0 Å². The summed E-state index contributed by atoms with van der Waals surface area (Å²) in [6.07, 6.45) is 12.8. The molecule has 2 heteroatoms. The molecule has 2 nitrogen and oxygen atoms in total. The van der Waals surface area contributed by atoms with Crippen LogP contribution in [0.3, 0.4) is 0 Å². The molecule has 0 aromatic heterocycles. The van der Waals surface area contributed by atoms with Gasteiger partial charge in [0, 0.05) is 30.5 Å². The molecule has 2 aromatic carbocycles. The number of hydrogen-bond donors (Lipinski definition) is 2. The van der Waals surface area contributed by atoms with E-state index in [0.29, 0.717) is 36.4 Å². The van der Waals surface area contributed by atoms with E-state index >= 15 is 0 Å². The van der Waals surface area contributed by atoms with Gasteiger partial charge in [-0.2, -0.15) is 0 Å². The summed E-state index contributed by atoms with van der Waals surface area (Å²) in [6.45, 7) is 5.10. The van der Waals surface area contributed by atoms with E-state index in [1.54, 1.807) is 0 Å². The van der Waals surface area contributed by atoms with Gasteiger partial charge in [-0.05, 0) is 29.9 Å². The molecule has 176 valence electrons. The highest BCUT2D eigenvalue weighted by atomic mass is 16.2. The van der Waals surface area contributed by atoms with E-state index in [-0.39, 0.29) is 0 Å². The fraction of sp³-hybridized carbons (Fsp3) is 0.600. The number of benzene rings is 2. The van der Waals surface area contributed by atoms with Crippen LogP contribution in [-0.2, 0) is 0 Å². The summed E-state index contributed by atoms with van der Waals surface area (Å²) in [6, 6.07) is 23.5. The second-order valence-corrected chi connectivity index (χ2v) is 10.1. The van der Waals surface area contributed by atoms with Crippen LogP contribution in [0.25, 0.3) is 0 Å². The van der Waals surface area contributed by atoms with Crippen LogP contribution in [0, 0.1) is 5.92 Å². The van der Waals surface area contributed by atoms with Crippen molar-refractivity contribution in [3.63, 3.8) is 0 Å². The third kappa shape index (κ3) is 7.18. The Morgan fingerprint density at radius 2 is 1.12 bits per heavy atom. The average Bonchev–Trinajstić information content (AvgIpc) is 3.21. The van der Waals surface area contributed by atoms with Gasteiger partial charge >= 0.3 is 0 Å². The molecule has 3 rings (SSSR count). The Labute approximate surface area is 196 Å². The predicted molar refractivity (Wildman–Crippen MR) is 137 cm³/mol. The lowest BCUT2D eigenvalue weighted by molar-refractivity contribution is 0.282. The first kappa shape index (κ1) is 25.0. The molecule has 1 heterocycles. The molecule has 0 unspecified atom stereocenters. The van der Waals surface area contributed by atoms with Gasteiger partial charge in [0.25, 0.3) is 0 Å². The largest absolute Gasteiger partial charge is 0.396 e. The molecular weight excluding hydrogens is 390 g/mol. The van der Waals surface area contributed by atoms with E-state index in [1.807, 2.05) is 0 Å². The van der Waals surface area contributed by atoms with Crippen LogP contribution in [0.2, 0.25) is 0 Å². The van der Waals surface area contributed by atoms with Crippen LogP contribution in [0.1, 0.15) is 101 Å². The van der Waals surface area contributed by atoms with Crippen molar-refractivity contribution < 1.29 is 5.11 Å². The predicted octanol–water partition coefficient (Wildman–Crippen LogP) is 7.44. The molecule has 0 aliphatic carbocycles. The SMILES string of the molecule is CC(C)[C@@H]1N[C@H](CCCCCCCCCCCO)[C@@H](c2ccccc2)[C@@H]1c1ccccc1. The minimum Gasteiger partial charge on any atom is -0.396 e. The molecule has 0 bridgehead atoms. The fourth-order valence-electron chi connectivity index (χ4n) is 5.72. The molecule has 0 spiro atoms. The van der Waals surface area contributed by atoms with E-state index in [2.05, 4.69) is 79.8 Å². The second-order valence-electron chi connectivity index (χ2n) is 10.1. The molecule has 1 fully saturated rings. The zero-order valence-corrected chi connectivity index (χ0v) is 20.4. The molecule has 32 heavy (non-hydrogen) atoms. The summed E-state index contributed by atoms with van der Waals surface area (Å²) >= 11 is 0. The molecule has 1 saturated heterocycles. The Morgan fingerprint density at radius 3 is 1.62 bits per heavy atom. The van der Waals surface area contributed by atoms with Crippen molar-refractivity contribution in [1.82, 2.24) is 5.32 Å². The van der Waals surface area contributed by atoms with Crippen molar-refractivity contribution in [1.29, 1.82) is 0 Å². The molecule has 0 saturated carbocycles. The third-order valence-electron chi connectivity index (χ3n) is 7.37. The number of nitrogens with one attached hydrogen (secondary N) is 1. The van der Waals surface area contributed by atoms with Gasteiger partial charge in [0.1, 0.15) is 0 Å². The molecule has 2 N–H and O–H groups in total. The number of rotatable bonds is 14. The summed E-state index contributed by atoms with van der Waals surface area (Å²) in [7, 11) is 0. The summed E-state index contributed by atoms with van der Waals surface area (Å²) in [5.41, 5.74) is 2.97. The van der Waals surface area contributed by atoms with Crippen LogP contribution in [0.5, 0.6) is 0 Å². The molecule has 1 aliphatic rings. The Balaban J connectivity index is 1.58. The van der Waals surface area contributed by atoms with Crippen molar-refractivity contribution in [2.24, 2.45) is 5.92 Å². The maximum absolute atomic E-state index is 8.87. The Hall–Kier alpha value is -1.64. The van der Waals surface area contributed by atoms with E-state index in [9.17, 15) is 0 Å². The Bertz CT molecular complexity index is 729. The smallest absolute Gasteiger partial charge is 0.0431 e. The minimum atomic E-state index is 0.349. The van der Waals surface area contributed by atoms with Gasteiger partial charge in [-0.3, -0.25) is 0 Å². The first-order chi connectivity index (χ1) is 15.7. The molecule has 2 aromatic rings. The molecule has 0 amide bonds. The van der Waals surface area contributed by atoms with Gasteiger partial charge in [0.05, 0.1) is 0 Å². The molecule has 4 atom stereocenters. The van der Waals surface area contributed by atoms with Crippen molar-refractivity contribution in [3.8, 4) is 0 Å². The second kappa shape index (κ2) is 13.8. The lowest BCUT2D eigenvalue weighted by Gasteiger charge is -2.28. The monoisotopic (exact) mass is 435 g/mol. The highest BCUT2D eigenvalue weighted by Gasteiger charge is 2.44. The van der Waals surface area contributed by atoms with Crippen LogP contribution in [-0.4, -0.2) is 23.8 Å². The standard InChI is InChI=1S/C30H45NO/c1-24(2)30-29(26-20-14-11-15-21-26)28(25-18-12-10-13-19-25)27(31-30)22-16-8-6-4-3-5-7-9-17-23-32/h10-15,18-21,24,27-32H,3-9,16-17,22-23H2,1-2H3/t27-,28-,29+,30+/m1/s1. The van der Waals surface area contributed by atoms with E-state index in [4.69, 9.17) is 5.11 Å². The summed E-state index contributed by atoms with van der Waals surface area (Å²) in [4.78, 5) is 0. The Kier molecular flexibility index (Phi) is 10.8. The van der Waals surface area contributed by atoms with Gasteiger partial charge in [-0.1, -0.05) is 126 Å². The number of hydrogen-bond acceptors (Lipinski definition) is 2. The van der Waals surface area contributed by atoms with Crippen molar-refractivity contribution in [3.05, 3.63) is 71.8 Å². The lowest BCUT2D eigenvalue weighted by atomic mass is 9.74. The molecule has 1 aliphatic heterocycles. The first-order valence-electron chi connectivity index (χ1n) is 13.2. The first-order valence-corrected chi connectivity index (χ1v) is 13.2. The van der Waals surface area contributed by atoms with Crippen molar-refractivity contribution >= 4 is 0 Å². The Morgan fingerprint density at radius 1 is 0.656 bits per heavy atom. The van der Waals surface area contributed by atoms with Crippen molar-refractivity contribution in [2.45, 2.75) is 102 Å². The van der Waals surface area contributed by atoms with Gasteiger partial charge in [-0.25, -0.2) is 0 Å². The van der Waals surface area contributed by atoms with E-state index in [1.165, 1.54) is 68.9 Å². The zero-order valence-electron chi connectivity index (χ0n) is 20.4. The minimum absolute atomic E-state index is 0.349. The summed E-state index contributed by atoms with van der Waals surface area (Å²) in [5.74, 6) is 1.68. The van der Waals surface area contributed by atoms with Crippen LogP contribution in [0.4, 0.5) is 0 Å². The summed E-state index contributed by atoms with van der Waals surface area (Å²) < 4.78 is 0. The van der Waals surface area contributed by atoms with E-state index in [0.717, 1.165) is 6.42 Å². The number of aliphatic hydroxyl groups excluding tert-OH is 1. The average molecular weight is 436 g/mol. The van der Waals surface area contributed by atoms with Crippen molar-refractivity contribution in [2.75, 3.05) is 6.61 Å². The van der Waals surface area contributed by atoms with Gasteiger partial charge in [0.15, 0.2) is 0 Å².